The van der Waals surface area contributed by atoms with E-state index >= 15 is 0 Å². The first-order chi connectivity index (χ1) is 12.8. The van der Waals surface area contributed by atoms with E-state index in [0.29, 0.717) is 10.0 Å². The van der Waals surface area contributed by atoms with Gasteiger partial charge in [0.1, 0.15) is 0 Å². The third-order valence-electron chi connectivity index (χ3n) is 4.42. The Bertz CT molecular complexity index is 944. The van der Waals surface area contributed by atoms with Crippen molar-refractivity contribution in [2.45, 2.75) is 27.2 Å². The van der Waals surface area contributed by atoms with Crippen molar-refractivity contribution in [1.29, 1.82) is 0 Å². The van der Waals surface area contributed by atoms with E-state index in [4.69, 9.17) is 0 Å². The molecule has 1 amide bonds. The molecule has 3 aromatic rings. The lowest BCUT2D eigenvalue weighted by atomic mass is 10.1. The van der Waals surface area contributed by atoms with E-state index in [9.17, 15) is 9.90 Å². The zero-order valence-electron chi connectivity index (χ0n) is 15.9. The van der Waals surface area contributed by atoms with Gasteiger partial charge in [-0.1, -0.05) is 47.2 Å². The summed E-state index contributed by atoms with van der Waals surface area (Å²) in [5, 5.41) is 14.0. The van der Waals surface area contributed by atoms with Gasteiger partial charge in [-0.15, -0.1) is 0 Å². The fourth-order valence-corrected chi connectivity index (χ4v) is 3.90. The van der Waals surface area contributed by atoms with Gasteiger partial charge in [0.2, 0.25) is 11.8 Å². The summed E-state index contributed by atoms with van der Waals surface area (Å²) in [5.74, 6) is -0.200. The lowest BCUT2D eigenvalue weighted by Crippen LogP contribution is -2.27. The minimum absolute atomic E-state index is 0.0975. The van der Waals surface area contributed by atoms with Crippen molar-refractivity contribution < 1.29 is 9.90 Å². The van der Waals surface area contributed by atoms with Crippen LogP contribution in [-0.4, -0.2) is 23.0 Å². The first-order valence-corrected chi connectivity index (χ1v) is 9.52. The van der Waals surface area contributed by atoms with Crippen LogP contribution in [0.4, 0.5) is 16.5 Å². The maximum absolute atomic E-state index is 12.6. The third-order valence-corrected chi connectivity index (χ3v) is 5.38. The van der Waals surface area contributed by atoms with Crippen LogP contribution in [0.5, 0.6) is 5.88 Å². The molecule has 1 aromatic heterocycles. The summed E-state index contributed by atoms with van der Waals surface area (Å²) >= 11 is 1.30. The Labute approximate surface area is 163 Å². The summed E-state index contributed by atoms with van der Waals surface area (Å²) in [5.41, 5.74) is 5.23. The molecule has 0 saturated carbocycles. The highest BCUT2D eigenvalue weighted by Crippen LogP contribution is 2.33. The Balaban J connectivity index is 1.76. The van der Waals surface area contributed by atoms with E-state index in [1.807, 2.05) is 44.2 Å². The predicted molar refractivity (Wildman–Crippen MR) is 111 cm³/mol. The molecule has 3 rings (SSSR count). The lowest BCUT2D eigenvalue weighted by molar-refractivity contribution is -0.117. The summed E-state index contributed by atoms with van der Waals surface area (Å²) in [6.07, 6.45) is 0.0996. The molecule has 0 bridgehead atoms. The topological polar surface area (TPSA) is 65.5 Å². The molecule has 0 spiro atoms. The SMILES string of the molecule is Cc1cc(C)c(Nc2nc(O)c(CC(=O)N(C)c3ccccc3)s2)c(C)c1. The van der Waals surface area contributed by atoms with Crippen LogP contribution in [0.1, 0.15) is 21.6 Å². The van der Waals surface area contributed by atoms with E-state index in [1.54, 1.807) is 11.9 Å². The van der Waals surface area contributed by atoms with Crippen LogP contribution in [0, 0.1) is 20.8 Å². The number of anilines is 3. The second-order valence-electron chi connectivity index (χ2n) is 6.63. The maximum Gasteiger partial charge on any atom is 0.232 e. The predicted octanol–water partition coefficient (Wildman–Crippen LogP) is 4.72. The number of aromatic nitrogens is 1. The Morgan fingerprint density at radius 2 is 1.78 bits per heavy atom. The van der Waals surface area contributed by atoms with Crippen molar-refractivity contribution >= 4 is 33.8 Å². The number of nitrogens with one attached hydrogen (secondary N) is 1. The molecule has 0 aliphatic heterocycles. The number of para-hydroxylation sites is 1. The van der Waals surface area contributed by atoms with Gasteiger partial charge in [-0.2, -0.15) is 4.98 Å². The zero-order chi connectivity index (χ0) is 19.6. The van der Waals surface area contributed by atoms with Crippen molar-refractivity contribution in [3.63, 3.8) is 0 Å². The molecule has 0 aliphatic rings. The van der Waals surface area contributed by atoms with Crippen molar-refractivity contribution in [1.82, 2.24) is 4.98 Å². The largest absolute Gasteiger partial charge is 0.492 e. The van der Waals surface area contributed by atoms with Gasteiger partial charge >= 0.3 is 0 Å². The lowest BCUT2D eigenvalue weighted by Gasteiger charge is -2.16. The van der Waals surface area contributed by atoms with Gasteiger partial charge in [-0.25, -0.2) is 0 Å². The second kappa shape index (κ2) is 7.80. The molecule has 0 fully saturated rings. The summed E-state index contributed by atoms with van der Waals surface area (Å²) in [6, 6.07) is 13.6. The van der Waals surface area contributed by atoms with Crippen LogP contribution in [0.15, 0.2) is 42.5 Å². The number of thiazole rings is 1. The van der Waals surface area contributed by atoms with Gasteiger partial charge in [-0.05, 0) is 44.0 Å². The number of aromatic hydroxyl groups is 1. The van der Waals surface area contributed by atoms with Crippen molar-refractivity contribution in [2.24, 2.45) is 0 Å². The zero-order valence-corrected chi connectivity index (χ0v) is 16.7. The minimum Gasteiger partial charge on any atom is -0.492 e. The van der Waals surface area contributed by atoms with Crippen LogP contribution in [0.25, 0.3) is 0 Å². The Morgan fingerprint density at radius 1 is 1.15 bits per heavy atom. The van der Waals surface area contributed by atoms with Gasteiger partial charge in [0.15, 0.2) is 5.13 Å². The Kier molecular flexibility index (Phi) is 5.46. The molecule has 0 saturated heterocycles. The molecular weight excluding hydrogens is 358 g/mol. The first-order valence-electron chi connectivity index (χ1n) is 8.70. The minimum atomic E-state index is -0.102. The third kappa shape index (κ3) is 4.28. The maximum atomic E-state index is 12.6. The highest BCUT2D eigenvalue weighted by Gasteiger charge is 2.18. The molecule has 0 aliphatic carbocycles. The van der Waals surface area contributed by atoms with Gasteiger partial charge in [0.05, 0.1) is 11.3 Å². The molecule has 5 nitrogen and oxygen atoms in total. The summed E-state index contributed by atoms with van der Waals surface area (Å²) < 4.78 is 0. The first kappa shape index (κ1) is 18.9. The molecule has 27 heavy (non-hydrogen) atoms. The monoisotopic (exact) mass is 381 g/mol. The van der Waals surface area contributed by atoms with Crippen molar-refractivity contribution in [3.8, 4) is 5.88 Å². The molecule has 0 unspecified atom stereocenters. The number of nitrogens with zero attached hydrogens (tertiary/aromatic N) is 2. The van der Waals surface area contributed by atoms with Crippen LogP contribution < -0.4 is 10.2 Å². The smallest absolute Gasteiger partial charge is 0.232 e. The Hall–Kier alpha value is -2.86. The number of hydrogen-bond donors (Lipinski definition) is 2. The fourth-order valence-electron chi connectivity index (χ4n) is 3.05. The molecule has 2 N–H and O–H groups in total. The van der Waals surface area contributed by atoms with E-state index in [1.165, 1.54) is 16.9 Å². The number of hydrogen-bond acceptors (Lipinski definition) is 5. The van der Waals surface area contributed by atoms with E-state index in [-0.39, 0.29) is 18.2 Å². The molecule has 0 atom stereocenters. The van der Waals surface area contributed by atoms with Gasteiger partial charge in [0.25, 0.3) is 0 Å². The number of aryl methyl sites for hydroxylation is 3. The highest BCUT2D eigenvalue weighted by molar-refractivity contribution is 7.16. The molecule has 140 valence electrons. The van der Waals surface area contributed by atoms with E-state index in [2.05, 4.69) is 29.4 Å². The van der Waals surface area contributed by atoms with E-state index < -0.39 is 0 Å². The number of carbonyl (C=O) groups excluding carboxylic acids is 1. The van der Waals surface area contributed by atoms with Crippen molar-refractivity contribution in [2.75, 3.05) is 17.3 Å². The van der Waals surface area contributed by atoms with Crippen LogP contribution >= 0.6 is 11.3 Å². The standard InChI is InChI=1S/C21H23N3O2S/c1-13-10-14(2)19(15(3)11-13)22-21-23-20(26)17(27-21)12-18(25)24(4)16-8-6-5-7-9-16/h5-11,26H,12H2,1-4H3,(H,22,23). The van der Waals surface area contributed by atoms with Crippen LogP contribution in [-0.2, 0) is 11.2 Å². The fraction of sp³-hybridized carbons (Fsp3) is 0.238. The quantitative estimate of drug-likeness (QED) is 0.671. The normalized spacial score (nSPS) is 10.7. The molecule has 1 heterocycles. The summed E-state index contributed by atoms with van der Waals surface area (Å²) in [4.78, 5) is 18.9. The molecule has 6 heteroatoms. The van der Waals surface area contributed by atoms with Gasteiger partial charge in [0, 0.05) is 18.4 Å². The second-order valence-corrected chi connectivity index (χ2v) is 7.71. The van der Waals surface area contributed by atoms with E-state index in [0.717, 1.165) is 22.5 Å². The summed E-state index contributed by atoms with van der Waals surface area (Å²) in [7, 11) is 1.73. The Morgan fingerprint density at radius 3 is 2.41 bits per heavy atom. The molecular formula is C21H23N3O2S. The summed E-state index contributed by atoms with van der Waals surface area (Å²) in [6.45, 7) is 6.13. The number of rotatable bonds is 5. The number of benzene rings is 2. The van der Waals surface area contributed by atoms with Gasteiger partial charge in [-0.3, -0.25) is 4.79 Å². The average Bonchev–Trinajstić information content (AvgIpc) is 2.97. The molecule has 0 radical (unpaired) electrons. The molecule has 2 aromatic carbocycles. The van der Waals surface area contributed by atoms with Crippen LogP contribution in [0.2, 0.25) is 0 Å². The number of amides is 1. The number of likely N-dealkylation sites (N-methyl/N-ethyl adjacent to an activating group) is 1. The number of carbonyl (C=O) groups is 1. The van der Waals surface area contributed by atoms with Gasteiger partial charge < -0.3 is 15.3 Å². The highest BCUT2D eigenvalue weighted by atomic mass is 32.1. The average molecular weight is 382 g/mol. The van der Waals surface area contributed by atoms with Crippen LogP contribution in [0.3, 0.4) is 0 Å². The van der Waals surface area contributed by atoms with Crippen molar-refractivity contribution in [3.05, 3.63) is 64.0 Å².